The number of nitrogens with one attached hydrogen (secondary N) is 3. The van der Waals surface area contributed by atoms with Crippen LogP contribution in [0.25, 0.3) is 0 Å². The standard InChI is InChI=1S/C15H32N4O/c1-6-7-8-9-13(4)19-15(16-5)18-11-10-17-14(20)12(2)3/h12-13H,6-11H2,1-5H3,(H,17,20)(H2,16,18,19). The Morgan fingerprint density at radius 2 is 1.75 bits per heavy atom. The van der Waals surface area contributed by atoms with Crippen LogP contribution >= 0.6 is 0 Å². The summed E-state index contributed by atoms with van der Waals surface area (Å²) in [7, 11) is 1.76. The second-order valence-electron chi connectivity index (χ2n) is 5.49. The van der Waals surface area contributed by atoms with E-state index in [4.69, 9.17) is 0 Å². The molecule has 0 aromatic rings. The van der Waals surface area contributed by atoms with Crippen molar-refractivity contribution in [3.05, 3.63) is 0 Å². The Hall–Kier alpha value is -1.26. The molecule has 20 heavy (non-hydrogen) atoms. The largest absolute Gasteiger partial charge is 0.355 e. The molecule has 5 heteroatoms. The van der Waals surface area contributed by atoms with Crippen molar-refractivity contribution in [1.82, 2.24) is 16.0 Å². The highest BCUT2D eigenvalue weighted by atomic mass is 16.1. The zero-order valence-corrected chi connectivity index (χ0v) is 13.8. The summed E-state index contributed by atoms with van der Waals surface area (Å²) in [6.07, 6.45) is 4.92. The minimum atomic E-state index is 0.0334. The number of carbonyl (C=O) groups excluding carboxylic acids is 1. The lowest BCUT2D eigenvalue weighted by Crippen LogP contribution is -2.45. The van der Waals surface area contributed by atoms with Gasteiger partial charge in [-0.2, -0.15) is 0 Å². The quantitative estimate of drug-likeness (QED) is 0.344. The van der Waals surface area contributed by atoms with Gasteiger partial charge < -0.3 is 16.0 Å². The van der Waals surface area contributed by atoms with Gasteiger partial charge in [0.15, 0.2) is 5.96 Å². The molecule has 0 saturated carbocycles. The molecule has 0 aliphatic heterocycles. The zero-order chi connectivity index (χ0) is 15.4. The van der Waals surface area contributed by atoms with E-state index < -0.39 is 0 Å². The molecule has 1 atom stereocenters. The smallest absolute Gasteiger partial charge is 0.222 e. The first kappa shape index (κ1) is 18.7. The molecule has 0 saturated heterocycles. The number of amides is 1. The number of rotatable bonds is 9. The third kappa shape index (κ3) is 9.64. The van der Waals surface area contributed by atoms with E-state index in [9.17, 15) is 4.79 Å². The Balaban J connectivity index is 3.79. The SMILES string of the molecule is CCCCCC(C)NC(=NC)NCCNC(=O)C(C)C. The van der Waals surface area contributed by atoms with E-state index in [-0.39, 0.29) is 11.8 Å². The van der Waals surface area contributed by atoms with Gasteiger partial charge in [0, 0.05) is 32.1 Å². The predicted molar refractivity (Wildman–Crippen MR) is 85.9 cm³/mol. The molecule has 0 aromatic carbocycles. The molecule has 0 aliphatic rings. The summed E-state index contributed by atoms with van der Waals surface area (Å²) < 4.78 is 0. The summed E-state index contributed by atoms with van der Waals surface area (Å²) in [5.74, 6) is 0.918. The molecular formula is C15H32N4O. The van der Waals surface area contributed by atoms with Gasteiger partial charge in [0.25, 0.3) is 0 Å². The van der Waals surface area contributed by atoms with Crippen LogP contribution in [-0.4, -0.2) is 38.0 Å². The topological polar surface area (TPSA) is 65.5 Å². The van der Waals surface area contributed by atoms with Gasteiger partial charge in [-0.1, -0.05) is 40.0 Å². The highest BCUT2D eigenvalue weighted by Crippen LogP contribution is 2.02. The Bertz CT molecular complexity index is 290. The van der Waals surface area contributed by atoms with E-state index in [1.165, 1.54) is 19.3 Å². The van der Waals surface area contributed by atoms with Crippen molar-refractivity contribution in [1.29, 1.82) is 0 Å². The number of unbranched alkanes of at least 4 members (excludes halogenated alkanes) is 2. The van der Waals surface area contributed by atoms with Gasteiger partial charge in [-0.25, -0.2) is 0 Å². The van der Waals surface area contributed by atoms with Crippen LogP contribution in [0.15, 0.2) is 4.99 Å². The molecule has 0 spiro atoms. The number of guanidine groups is 1. The maximum atomic E-state index is 11.4. The summed E-state index contributed by atoms with van der Waals surface area (Å²) in [4.78, 5) is 15.6. The fraction of sp³-hybridized carbons (Fsp3) is 0.867. The van der Waals surface area contributed by atoms with Crippen LogP contribution in [0.3, 0.4) is 0 Å². The van der Waals surface area contributed by atoms with Crippen molar-refractivity contribution in [3.63, 3.8) is 0 Å². The summed E-state index contributed by atoms with van der Waals surface area (Å²) in [6.45, 7) is 9.46. The van der Waals surface area contributed by atoms with Crippen molar-refractivity contribution in [2.24, 2.45) is 10.9 Å². The van der Waals surface area contributed by atoms with Crippen LogP contribution in [0.5, 0.6) is 0 Å². The van der Waals surface area contributed by atoms with Gasteiger partial charge in [0.2, 0.25) is 5.91 Å². The molecule has 0 aromatic heterocycles. The first-order valence-corrected chi connectivity index (χ1v) is 7.76. The molecule has 118 valence electrons. The maximum absolute atomic E-state index is 11.4. The van der Waals surface area contributed by atoms with Gasteiger partial charge in [0.1, 0.15) is 0 Å². The molecule has 0 bridgehead atoms. The van der Waals surface area contributed by atoms with Gasteiger partial charge >= 0.3 is 0 Å². The van der Waals surface area contributed by atoms with Crippen LogP contribution in [0.4, 0.5) is 0 Å². The second-order valence-corrected chi connectivity index (χ2v) is 5.49. The second kappa shape index (κ2) is 11.6. The normalized spacial score (nSPS) is 13.2. The Kier molecular flexibility index (Phi) is 10.8. The Morgan fingerprint density at radius 3 is 2.30 bits per heavy atom. The highest BCUT2D eigenvalue weighted by Gasteiger charge is 2.06. The van der Waals surface area contributed by atoms with E-state index >= 15 is 0 Å². The molecular weight excluding hydrogens is 252 g/mol. The average Bonchev–Trinajstić information content (AvgIpc) is 2.41. The molecule has 0 fully saturated rings. The monoisotopic (exact) mass is 284 g/mol. The van der Waals surface area contributed by atoms with Gasteiger partial charge in [-0.15, -0.1) is 0 Å². The molecule has 0 radical (unpaired) electrons. The molecule has 0 aliphatic carbocycles. The van der Waals surface area contributed by atoms with Crippen LogP contribution in [0.1, 0.15) is 53.4 Å². The Morgan fingerprint density at radius 1 is 1.10 bits per heavy atom. The van der Waals surface area contributed by atoms with Gasteiger partial charge in [-0.3, -0.25) is 9.79 Å². The molecule has 0 rings (SSSR count). The van der Waals surface area contributed by atoms with Gasteiger partial charge in [-0.05, 0) is 13.3 Å². The minimum absolute atomic E-state index is 0.0334. The van der Waals surface area contributed by atoms with Crippen molar-refractivity contribution in [2.75, 3.05) is 20.1 Å². The van der Waals surface area contributed by atoms with Gasteiger partial charge in [0.05, 0.1) is 0 Å². The fourth-order valence-electron chi connectivity index (χ4n) is 1.77. The van der Waals surface area contributed by atoms with Crippen LogP contribution in [0.2, 0.25) is 0 Å². The lowest BCUT2D eigenvalue weighted by atomic mass is 10.1. The van der Waals surface area contributed by atoms with E-state index in [0.29, 0.717) is 19.1 Å². The third-order valence-corrected chi connectivity index (χ3v) is 3.09. The molecule has 3 N–H and O–H groups in total. The highest BCUT2D eigenvalue weighted by molar-refractivity contribution is 5.80. The number of nitrogens with zero attached hydrogens (tertiary/aromatic N) is 1. The number of hydrogen-bond donors (Lipinski definition) is 3. The van der Waals surface area contributed by atoms with E-state index in [2.05, 4.69) is 34.8 Å². The fourth-order valence-corrected chi connectivity index (χ4v) is 1.77. The van der Waals surface area contributed by atoms with Crippen LogP contribution < -0.4 is 16.0 Å². The van der Waals surface area contributed by atoms with E-state index in [0.717, 1.165) is 12.4 Å². The lowest BCUT2D eigenvalue weighted by Gasteiger charge is -2.18. The first-order chi connectivity index (χ1) is 9.51. The molecule has 5 nitrogen and oxygen atoms in total. The predicted octanol–water partition coefficient (Wildman–Crippen LogP) is 1.89. The summed E-state index contributed by atoms with van der Waals surface area (Å²) >= 11 is 0. The van der Waals surface area contributed by atoms with Crippen molar-refractivity contribution in [3.8, 4) is 0 Å². The number of carbonyl (C=O) groups is 1. The summed E-state index contributed by atoms with van der Waals surface area (Å²) in [5, 5.41) is 9.44. The van der Waals surface area contributed by atoms with E-state index in [1.54, 1.807) is 7.05 Å². The van der Waals surface area contributed by atoms with Crippen molar-refractivity contribution in [2.45, 2.75) is 59.4 Å². The van der Waals surface area contributed by atoms with Crippen LogP contribution in [-0.2, 0) is 4.79 Å². The zero-order valence-electron chi connectivity index (χ0n) is 13.8. The minimum Gasteiger partial charge on any atom is -0.355 e. The van der Waals surface area contributed by atoms with Crippen molar-refractivity contribution < 1.29 is 4.79 Å². The Labute approximate surface area is 124 Å². The summed E-state index contributed by atoms with van der Waals surface area (Å²) in [6, 6.07) is 0.415. The van der Waals surface area contributed by atoms with Crippen molar-refractivity contribution >= 4 is 11.9 Å². The average molecular weight is 284 g/mol. The summed E-state index contributed by atoms with van der Waals surface area (Å²) in [5.41, 5.74) is 0. The molecule has 0 heterocycles. The lowest BCUT2D eigenvalue weighted by molar-refractivity contribution is -0.123. The number of hydrogen-bond acceptors (Lipinski definition) is 2. The molecule has 1 unspecified atom stereocenters. The molecule has 1 amide bonds. The third-order valence-electron chi connectivity index (χ3n) is 3.09. The first-order valence-electron chi connectivity index (χ1n) is 7.76. The van der Waals surface area contributed by atoms with Crippen LogP contribution in [0, 0.1) is 5.92 Å². The number of aliphatic imine (C=N–C) groups is 1. The maximum Gasteiger partial charge on any atom is 0.222 e. The van der Waals surface area contributed by atoms with E-state index in [1.807, 2.05) is 13.8 Å².